The minimum Gasteiger partial charge on any atom is -0.281 e. The van der Waals surface area contributed by atoms with Gasteiger partial charge in [-0.1, -0.05) is 18.2 Å². The molecule has 0 spiro atoms. The highest BCUT2D eigenvalue weighted by molar-refractivity contribution is 8.03. The second-order valence-electron chi connectivity index (χ2n) is 3.78. The second kappa shape index (κ2) is 5.15. The molecule has 0 saturated heterocycles. The highest BCUT2D eigenvalue weighted by Gasteiger charge is 2.17. The van der Waals surface area contributed by atoms with E-state index in [2.05, 4.69) is 0 Å². The van der Waals surface area contributed by atoms with Gasteiger partial charge < -0.3 is 0 Å². The van der Waals surface area contributed by atoms with E-state index < -0.39 is 0 Å². The van der Waals surface area contributed by atoms with E-state index in [9.17, 15) is 4.79 Å². The van der Waals surface area contributed by atoms with Gasteiger partial charge in [0.2, 0.25) is 0 Å². The van der Waals surface area contributed by atoms with Crippen LogP contribution in [0.5, 0.6) is 0 Å². The van der Waals surface area contributed by atoms with E-state index in [1.54, 1.807) is 4.68 Å². The van der Waals surface area contributed by atoms with Gasteiger partial charge in [0.15, 0.2) is 0 Å². The van der Waals surface area contributed by atoms with Gasteiger partial charge in [-0.25, -0.2) is 4.68 Å². The smallest absolute Gasteiger partial charge is 0.281 e. The van der Waals surface area contributed by atoms with Gasteiger partial charge >= 0.3 is 0 Å². The third-order valence-electron chi connectivity index (χ3n) is 2.79. The van der Waals surface area contributed by atoms with Crippen LogP contribution in [0.3, 0.4) is 0 Å². The van der Waals surface area contributed by atoms with Crippen molar-refractivity contribution >= 4 is 11.8 Å². The largest absolute Gasteiger partial charge is 0.286 e. The number of para-hydroxylation sites is 1. The predicted octanol–water partition coefficient (Wildman–Crippen LogP) is 2.54. The summed E-state index contributed by atoms with van der Waals surface area (Å²) in [5.74, 6) is 0. The topological polar surface area (TPSA) is 50.7 Å². The monoisotopic (exact) mass is 259 g/mol. The van der Waals surface area contributed by atoms with Crippen LogP contribution < -0.4 is 5.56 Å². The van der Waals surface area contributed by atoms with Crippen molar-refractivity contribution in [2.75, 3.05) is 0 Å². The number of benzene rings is 1. The first kappa shape index (κ1) is 12.5. The summed E-state index contributed by atoms with van der Waals surface area (Å²) in [6.07, 6.45) is 0. The number of aromatic nitrogens is 2. The SMILES string of the molecule is CCn1c(C)c(SC#N)c(=O)n1-c1ccccc1. The second-order valence-corrected chi connectivity index (χ2v) is 4.57. The number of thioether (sulfide) groups is 1. The lowest BCUT2D eigenvalue weighted by Gasteiger charge is -2.10. The molecule has 5 heteroatoms. The van der Waals surface area contributed by atoms with Crippen molar-refractivity contribution in [3.8, 4) is 11.1 Å². The van der Waals surface area contributed by atoms with Crippen molar-refractivity contribution in [2.45, 2.75) is 25.3 Å². The summed E-state index contributed by atoms with van der Waals surface area (Å²) in [4.78, 5) is 12.8. The van der Waals surface area contributed by atoms with Crippen LogP contribution in [0.1, 0.15) is 12.6 Å². The minimum atomic E-state index is -0.132. The lowest BCUT2D eigenvalue weighted by Crippen LogP contribution is -2.21. The zero-order valence-corrected chi connectivity index (χ0v) is 11.1. The summed E-state index contributed by atoms with van der Waals surface area (Å²) < 4.78 is 3.51. The molecule has 0 aliphatic rings. The van der Waals surface area contributed by atoms with Crippen LogP contribution in [0.15, 0.2) is 40.0 Å². The molecule has 0 aliphatic heterocycles. The van der Waals surface area contributed by atoms with Crippen LogP contribution in [-0.4, -0.2) is 9.36 Å². The molecule has 4 nitrogen and oxygen atoms in total. The Bertz CT molecular complexity index is 649. The summed E-state index contributed by atoms with van der Waals surface area (Å²) in [6, 6.07) is 9.45. The van der Waals surface area contributed by atoms with Gasteiger partial charge in [-0.2, -0.15) is 5.26 Å². The van der Waals surface area contributed by atoms with Crippen LogP contribution in [0.4, 0.5) is 0 Å². The summed E-state index contributed by atoms with van der Waals surface area (Å²) in [6.45, 7) is 4.53. The van der Waals surface area contributed by atoms with E-state index >= 15 is 0 Å². The van der Waals surface area contributed by atoms with Crippen LogP contribution in [0, 0.1) is 17.6 Å². The molecule has 0 unspecified atom stereocenters. The van der Waals surface area contributed by atoms with Crippen LogP contribution in [-0.2, 0) is 6.54 Å². The Morgan fingerprint density at radius 1 is 1.33 bits per heavy atom. The van der Waals surface area contributed by atoms with E-state index in [1.807, 2.05) is 54.3 Å². The Kier molecular flexibility index (Phi) is 3.58. The van der Waals surface area contributed by atoms with E-state index in [1.165, 1.54) is 0 Å². The third kappa shape index (κ3) is 1.95. The lowest BCUT2D eigenvalue weighted by molar-refractivity contribution is 0.559. The molecular formula is C13H13N3OS. The minimum absolute atomic E-state index is 0.132. The molecular weight excluding hydrogens is 246 g/mol. The van der Waals surface area contributed by atoms with E-state index in [-0.39, 0.29) is 5.56 Å². The summed E-state index contributed by atoms with van der Waals surface area (Å²) in [7, 11) is 0. The van der Waals surface area contributed by atoms with Gasteiger partial charge in [-0.15, -0.1) is 0 Å². The third-order valence-corrected chi connectivity index (χ3v) is 3.56. The Labute approximate surface area is 109 Å². The molecule has 0 atom stereocenters. The highest BCUT2D eigenvalue weighted by atomic mass is 32.2. The molecule has 1 heterocycles. The average Bonchev–Trinajstić information content (AvgIpc) is 2.64. The molecule has 1 aromatic carbocycles. The molecule has 2 rings (SSSR count). The fourth-order valence-corrected chi connectivity index (χ4v) is 2.51. The van der Waals surface area contributed by atoms with E-state index in [4.69, 9.17) is 5.26 Å². The first-order chi connectivity index (χ1) is 8.70. The molecule has 92 valence electrons. The van der Waals surface area contributed by atoms with Gasteiger partial charge in [-0.05, 0) is 37.7 Å². The van der Waals surface area contributed by atoms with E-state index in [0.29, 0.717) is 11.4 Å². The van der Waals surface area contributed by atoms with Gasteiger partial charge in [0.1, 0.15) is 10.3 Å². The molecule has 2 aromatic rings. The molecule has 0 aliphatic carbocycles. The predicted molar refractivity (Wildman–Crippen MR) is 71.9 cm³/mol. The Morgan fingerprint density at radius 3 is 2.56 bits per heavy atom. The van der Waals surface area contributed by atoms with Gasteiger partial charge in [0.25, 0.3) is 5.56 Å². The fraction of sp³-hybridized carbons (Fsp3) is 0.231. The zero-order chi connectivity index (χ0) is 13.1. The lowest BCUT2D eigenvalue weighted by atomic mass is 10.3. The number of thiocyanates is 1. The molecule has 18 heavy (non-hydrogen) atoms. The van der Waals surface area contributed by atoms with Crippen LogP contribution in [0.25, 0.3) is 5.69 Å². The van der Waals surface area contributed by atoms with Crippen molar-refractivity contribution in [3.63, 3.8) is 0 Å². The van der Waals surface area contributed by atoms with E-state index in [0.717, 1.165) is 23.1 Å². The van der Waals surface area contributed by atoms with Crippen molar-refractivity contribution < 1.29 is 0 Å². The quantitative estimate of drug-likeness (QED) is 0.628. The maximum absolute atomic E-state index is 12.3. The zero-order valence-electron chi connectivity index (χ0n) is 10.3. The molecule has 0 bridgehead atoms. The summed E-state index contributed by atoms with van der Waals surface area (Å²) in [5, 5.41) is 10.7. The van der Waals surface area contributed by atoms with Crippen molar-refractivity contribution in [1.29, 1.82) is 5.26 Å². The first-order valence-electron chi connectivity index (χ1n) is 5.64. The Hall–Kier alpha value is -1.93. The Balaban J connectivity index is 2.72. The molecule has 1 aromatic heterocycles. The molecule has 0 N–H and O–H groups in total. The number of hydrogen-bond donors (Lipinski definition) is 0. The molecule has 0 amide bonds. The first-order valence-corrected chi connectivity index (χ1v) is 6.46. The normalized spacial score (nSPS) is 10.3. The van der Waals surface area contributed by atoms with Crippen molar-refractivity contribution in [1.82, 2.24) is 9.36 Å². The Morgan fingerprint density at radius 2 is 2.00 bits per heavy atom. The maximum Gasteiger partial charge on any atom is 0.286 e. The average molecular weight is 259 g/mol. The van der Waals surface area contributed by atoms with Crippen molar-refractivity contribution in [3.05, 3.63) is 46.4 Å². The van der Waals surface area contributed by atoms with Gasteiger partial charge in [0.05, 0.1) is 11.4 Å². The van der Waals surface area contributed by atoms with Crippen LogP contribution in [0.2, 0.25) is 0 Å². The number of hydrogen-bond acceptors (Lipinski definition) is 3. The number of nitriles is 1. The molecule has 0 fully saturated rings. The highest BCUT2D eigenvalue weighted by Crippen LogP contribution is 2.19. The number of rotatable bonds is 3. The standard InChI is InChI=1S/C13H13N3OS/c1-3-15-10(2)12(18-9-14)13(17)16(15)11-7-5-4-6-8-11/h4-8H,3H2,1-2H3. The van der Waals surface area contributed by atoms with Gasteiger partial charge in [-0.3, -0.25) is 9.48 Å². The van der Waals surface area contributed by atoms with Gasteiger partial charge in [0, 0.05) is 6.54 Å². The van der Waals surface area contributed by atoms with Crippen LogP contribution >= 0.6 is 11.8 Å². The molecule has 0 radical (unpaired) electrons. The molecule has 0 saturated carbocycles. The summed E-state index contributed by atoms with van der Waals surface area (Å²) in [5.41, 5.74) is 1.52. The van der Waals surface area contributed by atoms with Crippen molar-refractivity contribution in [2.24, 2.45) is 0 Å². The fourth-order valence-electron chi connectivity index (χ4n) is 2.00. The maximum atomic E-state index is 12.3. The summed E-state index contributed by atoms with van der Waals surface area (Å²) >= 11 is 0.925. The number of nitrogens with zero attached hydrogens (tertiary/aromatic N) is 3.